The van der Waals surface area contributed by atoms with Gasteiger partial charge < -0.3 is 0 Å². The van der Waals surface area contributed by atoms with Crippen molar-refractivity contribution < 1.29 is 4.68 Å². The van der Waals surface area contributed by atoms with Gasteiger partial charge in [-0.2, -0.15) is 4.68 Å². The van der Waals surface area contributed by atoms with E-state index in [1.165, 1.54) is 27.8 Å². The molecule has 1 aromatic carbocycles. The molecule has 0 aliphatic rings. The van der Waals surface area contributed by atoms with Gasteiger partial charge >= 0.3 is 0 Å². The van der Waals surface area contributed by atoms with Crippen molar-refractivity contribution >= 4 is 10.9 Å². The number of aryl methyl sites for hydroxylation is 3. The van der Waals surface area contributed by atoms with E-state index in [0.717, 1.165) is 5.69 Å². The molecule has 0 saturated heterocycles. The summed E-state index contributed by atoms with van der Waals surface area (Å²) in [5, 5.41) is 1.28. The second-order valence-corrected chi connectivity index (χ2v) is 5.00. The van der Waals surface area contributed by atoms with Gasteiger partial charge in [0.25, 0.3) is 5.69 Å². The molecule has 0 bridgehead atoms. The van der Waals surface area contributed by atoms with E-state index in [0.29, 0.717) is 0 Å². The molecule has 0 unspecified atom stereocenters. The molecule has 96 valence electrons. The molecule has 0 N–H and O–H groups in total. The molecular formula is C16H18N3+. The lowest BCUT2D eigenvalue weighted by molar-refractivity contribution is -0.659. The summed E-state index contributed by atoms with van der Waals surface area (Å²) in [5.74, 6) is 0. The molecule has 19 heavy (non-hydrogen) atoms. The van der Waals surface area contributed by atoms with Crippen molar-refractivity contribution in [1.29, 1.82) is 0 Å². The monoisotopic (exact) mass is 252 g/mol. The largest absolute Gasteiger partial charge is 0.260 e. The molecule has 2 aromatic heterocycles. The first-order valence-corrected chi connectivity index (χ1v) is 6.50. The lowest BCUT2D eigenvalue weighted by Crippen LogP contribution is -2.41. The molecule has 0 fully saturated rings. The van der Waals surface area contributed by atoms with Crippen LogP contribution in [0.4, 0.5) is 0 Å². The molecule has 3 aromatic rings. The van der Waals surface area contributed by atoms with Gasteiger partial charge in [-0.15, -0.1) is 0 Å². The number of nitrogens with zero attached hydrogens (tertiary/aromatic N) is 3. The smallest absolute Gasteiger partial charge is 0.255 e. The summed E-state index contributed by atoms with van der Waals surface area (Å²) >= 11 is 0. The van der Waals surface area contributed by atoms with Crippen LogP contribution in [0.15, 0.2) is 36.5 Å². The first kappa shape index (κ1) is 11.9. The number of aromatic nitrogens is 3. The van der Waals surface area contributed by atoms with Crippen molar-refractivity contribution in [3.63, 3.8) is 0 Å². The van der Waals surface area contributed by atoms with Crippen molar-refractivity contribution in [1.82, 2.24) is 9.67 Å². The Kier molecular flexibility index (Phi) is 2.63. The van der Waals surface area contributed by atoms with Crippen molar-refractivity contribution in [2.24, 2.45) is 7.05 Å². The minimum atomic E-state index is 1.05. The normalized spacial score (nSPS) is 11.2. The maximum absolute atomic E-state index is 4.44. The lowest BCUT2D eigenvalue weighted by atomic mass is 10.2. The molecular weight excluding hydrogens is 234 g/mol. The van der Waals surface area contributed by atoms with E-state index in [1.807, 2.05) is 6.20 Å². The zero-order valence-electron chi connectivity index (χ0n) is 11.8. The summed E-state index contributed by atoms with van der Waals surface area (Å²) in [5.41, 5.74) is 5.95. The van der Waals surface area contributed by atoms with Gasteiger partial charge in [0.05, 0.1) is 18.1 Å². The Hall–Kier alpha value is -2.16. The van der Waals surface area contributed by atoms with Crippen LogP contribution in [-0.4, -0.2) is 9.67 Å². The second-order valence-electron chi connectivity index (χ2n) is 5.00. The Balaban J connectivity index is 2.47. The van der Waals surface area contributed by atoms with Crippen LogP contribution in [0.3, 0.4) is 0 Å². The summed E-state index contributed by atoms with van der Waals surface area (Å²) in [4.78, 5) is 4.44. The SMILES string of the molecule is Cc1ccnc(C)c1-[n+]1c2ccccc2c(C)n1C. The molecule has 0 spiro atoms. The van der Waals surface area contributed by atoms with Gasteiger partial charge in [0.15, 0.2) is 0 Å². The molecule has 0 saturated carbocycles. The highest BCUT2D eigenvalue weighted by Crippen LogP contribution is 2.19. The van der Waals surface area contributed by atoms with Crippen LogP contribution in [0.2, 0.25) is 0 Å². The molecule has 0 amide bonds. The van der Waals surface area contributed by atoms with Crippen molar-refractivity contribution in [2.45, 2.75) is 20.8 Å². The van der Waals surface area contributed by atoms with Crippen LogP contribution in [0.1, 0.15) is 17.0 Å². The minimum Gasteiger partial charge on any atom is -0.255 e. The number of para-hydroxylation sites is 1. The fourth-order valence-electron chi connectivity index (χ4n) is 2.73. The molecule has 0 aliphatic heterocycles. The quantitative estimate of drug-likeness (QED) is 0.610. The van der Waals surface area contributed by atoms with Crippen molar-refractivity contribution in [3.05, 3.63) is 53.5 Å². The summed E-state index contributed by atoms with van der Waals surface area (Å²) in [6.07, 6.45) is 1.87. The molecule has 0 atom stereocenters. The minimum absolute atomic E-state index is 1.05. The van der Waals surface area contributed by atoms with Gasteiger partial charge in [-0.25, -0.2) is 0 Å². The van der Waals surface area contributed by atoms with Gasteiger partial charge in [-0.05, 0) is 32.9 Å². The second kappa shape index (κ2) is 4.19. The highest BCUT2D eigenvalue weighted by atomic mass is 15.4. The Morgan fingerprint density at radius 2 is 1.79 bits per heavy atom. The van der Waals surface area contributed by atoms with Gasteiger partial charge in [-0.3, -0.25) is 4.98 Å². The van der Waals surface area contributed by atoms with E-state index in [1.54, 1.807) is 0 Å². The fraction of sp³-hybridized carbons (Fsp3) is 0.250. The molecule has 0 aliphatic carbocycles. The molecule has 2 heterocycles. The standard InChI is InChI=1S/C16H18N3/c1-11-9-10-17-12(2)16(11)19-15-8-6-5-7-14(15)13(3)18(19)4/h5-10H,1-4H3/q+1. The van der Waals surface area contributed by atoms with E-state index in [-0.39, 0.29) is 0 Å². The van der Waals surface area contributed by atoms with Gasteiger partial charge in [0, 0.05) is 17.8 Å². The number of fused-ring (bicyclic) bond motifs is 1. The number of pyridine rings is 1. The maximum Gasteiger partial charge on any atom is 0.260 e. The van der Waals surface area contributed by atoms with E-state index in [2.05, 4.69) is 72.5 Å². The van der Waals surface area contributed by atoms with Crippen molar-refractivity contribution in [3.8, 4) is 5.69 Å². The predicted molar refractivity (Wildman–Crippen MR) is 76.5 cm³/mol. The number of rotatable bonds is 1. The topological polar surface area (TPSA) is 21.7 Å². The fourth-order valence-corrected chi connectivity index (χ4v) is 2.73. The molecule has 3 nitrogen and oxygen atoms in total. The first-order valence-electron chi connectivity index (χ1n) is 6.50. The average molecular weight is 252 g/mol. The number of hydrogen-bond acceptors (Lipinski definition) is 1. The van der Waals surface area contributed by atoms with Gasteiger partial charge in [0.1, 0.15) is 5.69 Å². The van der Waals surface area contributed by atoms with Gasteiger partial charge in [0.2, 0.25) is 5.52 Å². The highest BCUT2D eigenvalue weighted by molar-refractivity contribution is 5.78. The Morgan fingerprint density at radius 1 is 1.05 bits per heavy atom. The highest BCUT2D eigenvalue weighted by Gasteiger charge is 2.24. The number of benzene rings is 1. The number of hydrogen-bond donors (Lipinski definition) is 0. The van der Waals surface area contributed by atoms with Crippen molar-refractivity contribution in [2.75, 3.05) is 0 Å². The van der Waals surface area contributed by atoms with Crippen LogP contribution in [-0.2, 0) is 7.05 Å². The van der Waals surface area contributed by atoms with Crippen LogP contribution < -0.4 is 4.68 Å². The van der Waals surface area contributed by atoms with Gasteiger partial charge in [-0.1, -0.05) is 16.8 Å². The Morgan fingerprint density at radius 3 is 2.53 bits per heavy atom. The van der Waals surface area contributed by atoms with E-state index in [9.17, 15) is 0 Å². The third-order valence-corrected chi connectivity index (χ3v) is 3.83. The third-order valence-electron chi connectivity index (χ3n) is 3.83. The third kappa shape index (κ3) is 1.65. The zero-order chi connectivity index (χ0) is 13.6. The maximum atomic E-state index is 4.44. The Labute approximate surface area is 113 Å². The van der Waals surface area contributed by atoms with E-state index >= 15 is 0 Å². The zero-order valence-corrected chi connectivity index (χ0v) is 11.8. The summed E-state index contributed by atoms with van der Waals surface area (Å²) in [7, 11) is 2.10. The molecule has 0 radical (unpaired) electrons. The lowest BCUT2D eigenvalue weighted by Gasteiger charge is -2.04. The van der Waals surface area contributed by atoms with E-state index in [4.69, 9.17) is 0 Å². The summed E-state index contributed by atoms with van der Waals surface area (Å²) < 4.78 is 4.45. The van der Waals surface area contributed by atoms with Crippen LogP contribution in [0.5, 0.6) is 0 Å². The summed E-state index contributed by atoms with van der Waals surface area (Å²) in [6, 6.07) is 10.6. The summed E-state index contributed by atoms with van der Waals surface area (Å²) in [6.45, 7) is 6.35. The van der Waals surface area contributed by atoms with Crippen LogP contribution in [0.25, 0.3) is 16.6 Å². The Bertz CT molecular complexity index is 749. The van der Waals surface area contributed by atoms with E-state index < -0.39 is 0 Å². The molecule has 3 heteroatoms. The first-order chi connectivity index (χ1) is 9.11. The van der Waals surface area contributed by atoms with Crippen LogP contribution in [0, 0.1) is 20.8 Å². The molecule has 3 rings (SSSR count). The predicted octanol–water partition coefficient (Wildman–Crippen LogP) is 2.78. The average Bonchev–Trinajstić information content (AvgIpc) is 2.64. The van der Waals surface area contributed by atoms with Crippen LogP contribution >= 0.6 is 0 Å².